The maximum Gasteiger partial charge on any atom is 0.295 e. The second-order valence-electron chi connectivity index (χ2n) is 7.41. The number of ether oxygens (including phenoxy) is 4. The first kappa shape index (κ1) is 24.1. The average Bonchev–Trinajstić information content (AvgIpc) is 3.09. The Bertz CT molecular complexity index is 1030. The van der Waals surface area contributed by atoms with Crippen LogP contribution >= 0.6 is 0 Å². The number of aliphatic hydroxyl groups excluding tert-OH is 1. The number of ketones is 1. The van der Waals surface area contributed by atoms with Crippen molar-refractivity contribution in [2.24, 2.45) is 0 Å². The number of Topliss-reactive ketones (excluding diaryl/α,β-unsaturated/α-hetero) is 1. The van der Waals surface area contributed by atoms with Gasteiger partial charge >= 0.3 is 0 Å². The Kier molecular flexibility index (Phi) is 7.95. The summed E-state index contributed by atoms with van der Waals surface area (Å²) in [7, 11) is 4.54. The van der Waals surface area contributed by atoms with Crippen molar-refractivity contribution in [2.75, 3.05) is 41.1 Å². The van der Waals surface area contributed by atoms with Crippen molar-refractivity contribution in [1.82, 2.24) is 4.90 Å². The highest BCUT2D eigenvalue weighted by Gasteiger charge is 2.46. The van der Waals surface area contributed by atoms with Gasteiger partial charge < -0.3 is 29.0 Å². The molecule has 0 aliphatic carbocycles. The van der Waals surface area contributed by atoms with E-state index in [1.807, 2.05) is 6.92 Å². The highest BCUT2D eigenvalue weighted by atomic mass is 16.5. The molecule has 1 fully saturated rings. The number of hydrogen-bond acceptors (Lipinski definition) is 7. The van der Waals surface area contributed by atoms with E-state index in [-0.39, 0.29) is 16.9 Å². The number of hydrogen-bond donors (Lipinski definition) is 1. The van der Waals surface area contributed by atoms with Gasteiger partial charge in [0.25, 0.3) is 11.7 Å². The van der Waals surface area contributed by atoms with E-state index in [0.717, 1.165) is 0 Å². The molecule has 1 amide bonds. The number of amides is 1. The Morgan fingerprint density at radius 2 is 1.70 bits per heavy atom. The van der Waals surface area contributed by atoms with E-state index in [2.05, 4.69) is 0 Å². The van der Waals surface area contributed by atoms with Gasteiger partial charge in [-0.15, -0.1) is 0 Å². The van der Waals surface area contributed by atoms with Crippen LogP contribution in [0.3, 0.4) is 0 Å². The molecule has 1 N–H and O–H groups in total. The van der Waals surface area contributed by atoms with Crippen molar-refractivity contribution in [3.05, 3.63) is 59.2 Å². The number of rotatable bonds is 10. The van der Waals surface area contributed by atoms with E-state index < -0.39 is 17.7 Å². The first-order chi connectivity index (χ1) is 16.0. The number of nitrogens with zero attached hydrogens (tertiary/aromatic N) is 1. The molecule has 3 rings (SSSR count). The molecule has 1 aliphatic rings. The zero-order valence-corrected chi connectivity index (χ0v) is 19.3. The summed E-state index contributed by atoms with van der Waals surface area (Å²) in [6.45, 7) is 3.13. The average molecular weight is 456 g/mol. The first-order valence-corrected chi connectivity index (χ1v) is 10.7. The van der Waals surface area contributed by atoms with Crippen LogP contribution in [0.5, 0.6) is 17.2 Å². The molecule has 8 heteroatoms. The van der Waals surface area contributed by atoms with Crippen LogP contribution < -0.4 is 14.2 Å². The molecule has 1 heterocycles. The van der Waals surface area contributed by atoms with Crippen molar-refractivity contribution in [3.8, 4) is 17.2 Å². The molecule has 0 aromatic heterocycles. The molecule has 1 aliphatic heterocycles. The predicted octanol–water partition coefficient (Wildman–Crippen LogP) is 3.56. The summed E-state index contributed by atoms with van der Waals surface area (Å²) in [6, 6.07) is 11.3. The number of methoxy groups -OCH3 is 3. The molecule has 0 radical (unpaired) electrons. The third-order valence-corrected chi connectivity index (χ3v) is 5.46. The smallest absolute Gasteiger partial charge is 0.295 e. The lowest BCUT2D eigenvalue weighted by Gasteiger charge is -2.25. The SMILES string of the molecule is CCOc1ccc(C2/C(=C(\O)c3cc(OC)ccc3OC)C(=O)C(=O)N2CCCOC)cc1. The van der Waals surface area contributed by atoms with Gasteiger partial charge in [-0.1, -0.05) is 12.1 Å². The Morgan fingerprint density at radius 3 is 2.30 bits per heavy atom. The fourth-order valence-corrected chi connectivity index (χ4v) is 3.89. The van der Waals surface area contributed by atoms with Crippen LogP contribution in [0.2, 0.25) is 0 Å². The van der Waals surface area contributed by atoms with Crippen LogP contribution in [0.4, 0.5) is 0 Å². The highest BCUT2D eigenvalue weighted by Crippen LogP contribution is 2.42. The summed E-state index contributed by atoms with van der Waals surface area (Å²) >= 11 is 0. The Hall–Kier alpha value is -3.52. The minimum absolute atomic E-state index is 0.00636. The molecule has 1 saturated heterocycles. The van der Waals surface area contributed by atoms with Crippen molar-refractivity contribution in [3.63, 3.8) is 0 Å². The second-order valence-corrected chi connectivity index (χ2v) is 7.41. The van der Waals surface area contributed by atoms with Gasteiger partial charge in [-0.2, -0.15) is 0 Å². The standard InChI is InChI=1S/C25H29NO7/c1-5-33-17-9-7-16(8-10-17)22-21(24(28)25(29)26(22)13-6-14-30-2)23(27)19-15-18(31-3)11-12-20(19)32-4/h7-12,15,22,27H,5-6,13-14H2,1-4H3/b23-21+. The minimum atomic E-state index is -0.770. The van der Waals surface area contributed by atoms with E-state index >= 15 is 0 Å². The summed E-state index contributed by atoms with van der Waals surface area (Å²) in [4.78, 5) is 27.6. The first-order valence-electron chi connectivity index (χ1n) is 10.7. The molecule has 176 valence electrons. The number of likely N-dealkylation sites (tertiary alicyclic amines) is 1. The van der Waals surface area contributed by atoms with Crippen molar-refractivity contribution >= 4 is 17.4 Å². The fourth-order valence-electron chi connectivity index (χ4n) is 3.89. The normalized spacial score (nSPS) is 17.3. The van der Waals surface area contributed by atoms with Gasteiger partial charge in [0.15, 0.2) is 0 Å². The zero-order valence-electron chi connectivity index (χ0n) is 19.3. The molecule has 2 aromatic rings. The van der Waals surface area contributed by atoms with E-state index in [1.165, 1.54) is 19.1 Å². The third-order valence-electron chi connectivity index (χ3n) is 5.46. The van der Waals surface area contributed by atoms with E-state index in [0.29, 0.717) is 49.0 Å². The summed E-state index contributed by atoms with van der Waals surface area (Å²) in [5.74, 6) is -0.250. The van der Waals surface area contributed by atoms with Crippen LogP contribution in [0.15, 0.2) is 48.0 Å². The van der Waals surface area contributed by atoms with Gasteiger partial charge in [-0.25, -0.2) is 0 Å². The van der Waals surface area contributed by atoms with E-state index in [1.54, 1.807) is 49.6 Å². The predicted molar refractivity (Wildman–Crippen MR) is 123 cm³/mol. The molecule has 33 heavy (non-hydrogen) atoms. The Morgan fingerprint density at radius 1 is 1.00 bits per heavy atom. The van der Waals surface area contributed by atoms with Gasteiger partial charge in [-0.05, 0) is 49.2 Å². The van der Waals surface area contributed by atoms with Crippen LogP contribution in [-0.4, -0.2) is 62.8 Å². The van der Waals surface area contributed by atoms with Crippen LogP contribution in [0.25, 0.3) is 5.76 Å². The van der Waals surface area contributed by atoms with Gasteiger partial charge in [-0.3, -0.25) is 9.59 Å². The lowest BCUT2D eigenvalue weighted by molar-refractivity contribution is -0.140. The van der Waals surface area contributed by atoms with Crippen molar-refractivity contribution in [1.29, 1.82) is 0 Å². The maximum atomic E-state index is 13.1. The number of carbonyl (C=O) groups excluding carboxylic acids is 2. The Labute approximate surface area is 193 Å². The highest BCUT2D eigenvalue weighted by molar-refractivity contribution is 6.46. The molecule has 0 bridgehead atoms. The quantitative estimate of drug-likeness (QED) is 0.253. The van der Waals surface area contributed by atoms with Gasteiger partial charge in [0.05, 0.1) is 38.0 Å². The zero-order chi connectivity index (χ0) is 24.0. The van der Waals surface area contributed by atoms with Crippen LogP contribution in [0.1, 0.15) is 30.5 Å². The molecule has 8 nitrogen and oxygen atoms in total. The monoisotopic (exact) mass is 455 g/mol. The summed E-state index contributed by atoms with van der Waals surface area (Å²) < 4.78 is 21.3. The molecular formula is C25H29NO7. The molecule has 2 aromatic carbocycles. The summed E-state index contributed by atoms with van der Waals surface area (Å²) in [5, 5.41) is 11.3. The van der Waals surface area contributed by atoms with Crippen molar-refractivity contribution in [2.45, 2.75) is 19.4 Å². The van der Waals surface area contributed by atoms with Gasteiger partial charge in [0.2, 0.25) is 0 Å². The largest absolute Gasteiger partial charge is 0.507 e. The number of aliphatic hydroxyl groups is 1. The summed E-state index contributed by atoms with van der Waals surface area (Å²) in [6.07, 6.45) is 0.541. The summed E-state index contributed by atoms with van der Waals surface area (Å²) in [5.41, 5.74) is 0.939. The lowest BCUT2D eigenvalue weighted by atomic mass is 9.94. The van der Waals surface area contributed by atoms with E-state index in [9.17, 15) is 14.7 Å². The minimum Gasteiger partial charge on any atom is -0.507 e. The number of benzene rings is 2. The number of carbonyl (C=O) groups is 2. The molecular weight excluding hydrogens is 426 g/mol. The topological polar surface area (TPSA) is 94.5 Å². The van der Waals surface area contributed by atoms with Crippen molar-refractivity contribution < 1.29 is 33.6 Å². The van der Waals surface area contributed by atoms with Gasteiger partial charge in [0, 0.05) is 20.3 Å². The second kappa shape index (κ2) is 10.9. The van der Waals surface area contributed by atoms with Gasteiger partial charge in [0.1, 0.15) is 23.0 Å². The van der Waals surface area contributed by atoms with Crippen LogP contribution in [-0.2, 0) is 14.3 Å². The molecule has 0 spiro atoms. The molecule has 1 unspecified atom stereocenters. The fraction of sp³-hybridized carbons (Fsp3) is 0.360. The maximum absolute atomic E-state index is 13.1. The third kappa shape index (κ3) is 4.96. The van der Waals surface area contributed by atoms with Crippen LogP contribution in [0, 0.1) is 0 Å². The molecule has 0 saturated carbocycles. The molecule has 1 atom stereocenters. The van der Waals surface area contributed by atoms with E-state index in [4.69, 9.17) is 18.9 Å². The Balaban J connectivity index is 2.16. The lowest BCUT2D eigenvalue weighted by Crippen LogP contribution is -2.31.